The number of aryl methyl sites for hydroxylation is 1. The highest BCUT2D eigenvalue weighted by atomic mass is 35.5. The van der Waals surface area contributed by atoms with Gasteiger partial charge in [-0.25, -0.2) is 8.42 Å². The summed E-state index contributed by atoms with van der Waals surface area (Å²) < 4.78 is 27.4. The molecule has 2 amide bonds. The minimum absolute atomic E-state index is 0.00372. The Bertz CT molecular complexity index is 1140. The van der Waals surface area contributed by atoms with Crippen molar-refractivity contribution < 1.29 is 18.0 Å². The first-order chi connectivity index (χ1) is 15.3. The molecule has 2 atom stereocenters. The molecule has 1 saturated carbocycles. The molecular formula is C23H24ClN3O4S. The molecule has 0 spiro atoms. The maximum absolute atomic E-state index is 13.0. The predicted octanol–water partition coefficient (Wildman–Crippen LogP) is 2.83. The Morgan fingerprint density at radius 3 is 2.44 bits per heavy atom. The van der Waals surface area contributed by atoms with Gasteiger partial charge in [0.05, 0.1) is 15.6 Å². The number of rotatable bonds is 8. The molecule has 2 aliphatic rings. The second-order valence-electron chi connectivity index (χ2n) is 8.06. The van der Waals surface area contributed by atoms with Gasteiger partial charge in [-0.2, -0.15) is 4.31 Å². The molecule has 1 aliphatic heterocycles. The van der Waals surface area contributed by atoms with Crippen LogP contribution in [-0.2, 0) is 26.0 Å². The van der Waals surface area contributed by atoms with Crippen molar-refractivity contribution >= 4 is 39.1 Å². The van der Waals surface area contributed by atoms with Crippen molar-refractivity contribution in [3.63, 3.8) is 0 Å². The number of nitrogens with zero attached hydrogens (tertiary/aromatic N) is 1. The highest BCUT2D eigenvalue weighted by Gasteiger charge is 2.58. The molecule has 168 valence electrons. The molecular weight excluding hydrogens is 450 g/mol. The molecule has 32 heavy (non-hydrogen) atoms. The number of carbonyl (C=O) groups excluding carboxylic acids is 2. The number of hydrogen-bond acceptors (Lipinski definition) is 4. The quantitative estimate of drug-likeness (QED) is 0.576. The van der Waals surface area contributed by atoms with Crippen LogP contribution < -0.4 is 10.6 Å². The Morgan fingerprint density at radius 1 is 1.12 bits per heavy atom. The molecule has 2 unspecified atom stereocenters. The number of carbonyl (C=O) groups is 2. The van der Waals surface area contributed by atoms with Crippen molar-refractivity contribution in [2.24, 2.45) is 11.8 Å². The van der Waals surface area contributed by atoms with Crippen molar-refractivity contribution in [2.45, 2.75) is 23.8 Å². The fourth-order valence-electron chi connectivity index (χ4n) is 4.14. The summed E-state index contributed by atoms with van der Waals surface area (Å²) in [5.41, 5.74) is 1.44. The monoisotopic (exact) mass is 473 g/mol. The lowest BCUT2D eigenvalue weighted by atomic mass is 10.1. The maximum Gasteiger partial charge on any atom is 0.243 e. The van der Waals surface area contributed by atoms with Crippen LogP contribution >= 0.6 is 11.6 Å². The number of amides is 2. The van der Waals surface area contributed by atoms with Gasteiger partial charge in [0.25, 0.3) is 0 Å². The highest BCUT2D eigenvalue weighted by molar-refractivity contribution is 7.89. The Balaban J connectivity index is 1.35. The van der Waals surface area contributed by atoms with Crippen LogP contribution in [0.1, 0.15) is 12.0 Å². The van der Waals surface area contributed by atoms with Crippen molar-refractivity contribution in [1.29, 1.82) is 0 Å². The summed E-state index contributed by atoms with van der Waals surface area (Å²) in [7, 11) is -3.71. The first kappa shape index (κ1) is 22.5. The first-order valence-electron chi connectivity index (χ1n) is 10.4. The number of fused-ring (bicyclic) bond motifs is 1. The summed E-state index contributed by atoms with van der Waals surface area (Å²) in [6.45, 7) is 4.13. The molecule has 0 bridgehead atoms. The van der Waals surface area contributed by atoms with Gasteiger partial charge in [-0.05, 0) is 48.1 Å². The van der Waals surface area contributed by atoms with E-state index in [2.05, 4.69) is 17.2 Å². The van der Waals surface area contributed by atoms with Crippen molar-refractivity contribution in [3.05, 3.63) is 71.8 Å². The second-order valence-corrected chi connectivity index (χ2v) is 10.4. The zero-order valence-electron chi connectivity index (χ0n) is 17.3. The van der Waals surface area contributed by atoms with Crippen LogP contribution in [0.25, 0.3) is 0 Å². The predicted molar refractivity (Wildman–Crippen MR) is 123 cm³/mol. The molecule has 2 fully saturated rings. The van der Waals surface area contributed by atoms with E-state index in [1.54, 1.807) is 0 Å². The minimum atomic E-state index is -3.71. The van der Waals surface area contributed by atoms with Crippen LogP contribution in [0.2, 0.25) is 5.02 Å². The van der Waals surface area contributed by atoms with Crippen LogP contribution in [0.4, 0.5) is 5.69 Å². The summed E-state index contributed by atoms with van der Waals surface area (Å²) in [4.78, 5) is 23.8. The van der Waals surface area contributed by atoms with Crippen LogP contribution in [0.3, 0.4) is 0 Å². The summed E-state index contributed by atoms with van der Waals surface area (Å²) in [5, 5.41) is 5.74. The van der Waals surface area contributed by atoms with E-state index in [9.17, 15) is 18.0 Å². The molecule has 0 aromatic heterocycles. The van der Waals surface area contributed by atoms with Gasteiger partial charge in [-0.1, -0.05) is 48.5 Å². The summed E-state index contributed by atoms with van der Waals surface area (Å²) in [6, 6.07) is 14.0. The van der Waals surface area contributed by atoms with Crippen LogP contribution in [0.5, 0.6) is 0 Å². The minimum Gasteiger partial charge on any atom is -0.349 e. The fraction of sp³-hybridized carbons (Fsp3) is 0.304. The molecule has 2 aromatic rings. The van der Waals surface area contributed by atoms with Gasteiger partial charge < -0.3 is 10.6 Å². The largest absolute Gasteiger partial charge is 0.349 e. The number of piperidine rings is 1. The number of hydrogen-bond donors (Lipinski definition) is 2. The normalized spacial score (nSPS) is 22.1. The van der Waals surface area contributed by atoms with Gasteiger partial charge in [0, 0.05) is 25.6 Å². The SMILES string of the molecule is C=CC(=O)NC1C2CN(S(=O)(=O)c3ccc(NC(=O)CCc4ccccc4)c(Cl)c3)CC21. The van der Waals surface area contributed by atoms with Gasteiger partial charge in [0.15, 0.2) is 0 Å². The number of nitrogens with one attached hydrogen (secondary N) is 2. The molecule has 9 heteroatoms. The van der Waals surface area contributed by atoms with E-state index >= 15 is 0 Å². The average Bonchev–Trinajstić information content (AvgIpc) is 3.20. The smallest absolute Gasteiger partial charge is 0.243 e. The Labute approximate surface area is 192 Å². The number of sulfonamides is 1. The average molecular weight is 474 g/mol. The van der Waals surface area contributed by atoms with Gasteiger partial charge in [0.2, 0.25) is 21.8 Å². The molecule has 0 radical (unpaired) electrons. The lowest BCUT2D eigenvalue weighted by Crippen LogP contribution is -2.36. The lowest BCUT2D eigenvalue weighted by Gasteiger charge is -2.20. The third-order valence-electron chi connectivity index (χ3n) is 5.99. The van der Waals surface area contributed by atoms with Gasteiger partial charge in [-0.3, -0.25) is 9.59 Å². The standard InChI is InChI=1S/C23H24ClN3O4S/c1-2-21(28)26-23-17-13-27(14-18(17)23)32(30,31)16-9-10-20(19(24)12-16)25-22(29)11-8-15-6-4-3-5-7-15/h2-7,9-10,12,17-18,23H,1,8,11,13-14H2,(H,25,29)(H,26,28). The van der Waals surface area contributed by atoms with E-state index in [4.69, 9.17) is 11.6 Å². The molecule has 1 saturated heterocycles. The van der Waals surface area contributed by atoms with E-state index in [1.807, 2.05) is 30.3 Å². The van der Waals surface area contributed by atoms with Crippen LogP contribution in [-0.4, -0.2) is 43.7 Å². The Kier molecular flexibility index (Phi) is 6.37. The summed E-state index contributed by atoms with van der Waals surface area (Å²) in [5.74, 6) is -0.203. The topological polar surface area (TPSA) is 95.6 Å². The molecule has 1 aliphatic carbocycles. The zero-order chi connectivity index (χ0) is 22.9. The van der Waals surface area contributed by atoms with E-state index in [0.29, 0.717) is 31.6 Å². The maximum atomic E-state index is 13.0. The number of anilines is 1. The first-order valence-corrected chi connectivity index (χ1v) is 12.2. The highest BCUT2D eigenvalue weighted by Crippen LogP contribution is 2.47. The van der Waals surface area contributed by atoms with Crippen LogP contribution in [0.15, 0.2) is 66.1 Å². The third-order valence-corrected chi connectivity index (χ3v) is 8.13. The van der Waals surface area contributed by atoms with Crippen molar-refractivity contribution in [1.82, 2.24) is 9.62 Å². The fourth-order valence-corrected chi connectivity index (χ4v) is 5.98. The van der Waals surface area contributed by atoms with Crippen LogP contribution in [0, 0.1) is 11.8 Å². The van der Waals surface area contributed by atoms with E-state index in [1.165, 1.54) is 28.6 Å². The van der Waals surface area contributed by atoms with Crippen molar-refractivity contribution in [3.8, 4) is 0 Å². The van der Waals surface area contributed by atoms with E-state index in [0.717, 1.165) is 5.56 Å². The van der Waals surface area contributed by atoms with Gasteiger partial charge in [-0.15, -0.1) is 0 Å². The second kappa shape index (κ2) is 9.05. The number of halogens is 1. The lowest BCUT2D eigenvalue weighted by molar-refractivity contribution is -0.117. The summed E-state index contributed by atoms with van der Waals surface area (Å²) >= 11 is 6.28. The van der Waals surface area contributed by atoms with E-state index in [-0.39, 0.29) is 39.6 Å². The molecule has 2 N–H and O–H groups in total. The van der Waals surface area contributed by atoms with Gasteiger partial charge in [0.1, 0.15) is 0 Å². The molecule has 7 nitrogen and oxygen atoms in total. The van der Waals surface area contributed by atoms with E-state index < -0.39 is 10.0 Å². The Hall–Kier alpha value is -2.68. The third kappa shape index (κ3) is 4.72. The number of benzene rings is 2. The van der Waals surface area contributed by atoms with Crippen molar-refractivity contribution in [2.75, 3.05) is 18.4 Å². The molecule has 1 heterocycles. The summed E-state index contributed by atoms with van der Waals surface area (Å²) in [6.07, 6.45) is 2.11. The zero-order valence-corrected chi connectivity index (χ0v) is 18.9. The molecule has 2 aromatic carbocycles. The Morgan fingerprint density at radius 2 is 1.81 bits per heavy atom. The molecule has 4 rings (SSSR count). The van der Waals surface area contributed by atoms with Gasteiger partial charge >= 0.3 is 0 Å².